The molecule has 0 spiro atoms. The quantitative estimate of drug-likeness (QED) is 0.107. The molecule has 1 aliphatic heterocycles. The lowest BCUT2D eigenvalue weighted by molar-refractivity contribution is -0.142. The van der Waals surface area contributed by atoms with Crippen molar-refractivity contribution in [2.75, 3.05) is 0 Å². The van der Waals surface area contributed by atoms with E-state index in [2.05, 4.69) is 30.1 Å². The van der Waals surface area contributed by atoms with Gasteiger partial charge in [0, 0.05) is 42.0 Å². The van der Waals surface area contributed by atoms with Gasteiger partial charge < -0.3 is 9.31 Å². The fraction of sp³-hybridized carbons (Fsp3) is 0.235. The molecule has 0 radical (unpaired) electrons. The molecule has 7 heterocycles. The van der Waals surface area contributed by atoms with E-state index in [1.165, 1.54) is 23.0 Å². The van der Waals surface area contributed by atoms with Gasteiger partial charge in [-0.3, -0.25) is 9.97 Å². The van der Waals surface area contributed by atoms with Crippen LogP contribution in [0.3, 0.4) is 0 Å². The van der Waals surface area contributed by atoms with E-state index in [4.69, 9.17) is 9.31 Å². The van der Waals surface area contributed by atoms with Crippen LogP contribution in [0.4, 0.5) is 30.7 Å². The Kier molecular flexibility index (Phi) is 10.9. The highest BCUT2D eigenvalue weighted by atomic mass is 19.4. The summed E-state index contributed by atoms with van der Waals surface area (Å²) in [5.74, 6) is -1.13. The van der Waals surface area contributed by atoms with Gasteiger partial charge in [-0.25, -0.2) is 19.3 Å². The van der Waals surface area contributed by atoms with Crippen molar-refractivity contribution >= 4 is 12.6 Å². The lowest BCUT2D eigenvalue weighted by Crippen LogP contribution is -2.41. The molecule has 6 aromatic heterocycles. The fourth-order valence-corrected chi connectivity index (χ4v) is 4.47. The number of halogens is 7. The molecule has 0 N–H and O–H groups in total. The molecule has 1 saturated heterocycles. The standard InChI is InChI=1S/C14H18BN3O2.C14H9F3N4.C6H3F4N/c1-13(2)14(3,4)20-15(19-13)11-8-17-18(10-11)12-6-5-7-16-9-12;15-14(16,17)13-5-1-4-12(20-13)10-7-19-21(9-10)11-3-2-6-18-8-11;7-5-3-1-2-4(11-5)6(8,9)10/h5-10H,1-4H3;1-9H;1-3H. The first-order valence-electron chi connectivity index (χ1n) is 15.4. The number of hydrogen-bond donors (Lipinski definition) is 0. The Bertz CT molecular complexity index is 2060. The van der Waals surface area contributed by atoms with Crippen LogP contribution >= 0.6 is 0 Å². The summed E-state index contributed by atoms with van der Waals surface area (Å²) in [5, 5.41) is 8.45. The van der Waals surface area contributed by atoms with Crippen molar-refractivity contribution in [2.24, 2.45) is 0 Å². The molecule has 0 unspecified atom stereocenters. The van der Waals surface area contributed by atoms with Crippen molar-refractivity contribution in [3.63, 3.8) is 0 Å². The van der Waals surface area contributed by atoms with Crippen LogP contribution in [0.1, 0.15) is 39.1 Å². The van der Waals surface area contributed by atoms with Crippen molar-refractivity contribution in [2.45, 2.75) is 51.2 Å². The molecule has 0 bridgehead atoms. The van der Waals surface area contributed by atoms with E-state index < -0.39 is 29.7 Å². The molecular weight excluding hydrogens is 696 g/mol. The summed E-state index contributed by atoms with van der Waals surface area (Å²) in [6.45, 7) is 8.16. The van der Waals surface area contributed by atoms with Crippen molar-refractivity contribution < 1.29 is 40.0 Å². The van der Waals surface area contributed by atoms with E-state index >= 15 is 0 Å². The lowest BCUT2D eigenvalue weighted by atomic mass is 9.82. The largest absolute Gasteiger partial charge is 0.498 e. The van der Waals surface area contributed by atoms with Crippen LogP contribution in [0.15, 0.2) is 110 Å². The average Bonchev–Trinajstić information content (AvgIpc) is 3.84. The first kappa shape index (κ1) is 37.8. The number of hydrogen-bond acceptors (Lipinski definition) is 8. The molecule has 0 saturated carbocycles. The molecule has 1 fully saturated rings. The van der Waals surface area contributed by atoms with Gasteiger partial charge in [-0.05, 0) is 76.2 Å². The van der Waals surface area contributed by atoms with E-state index in [9.17, 15) is 30.7 Å². The van der Waals surface area contributed by atoms with E-state index in [-0.39, 0.29) is 24.0 Å². The molecular formula is C34H30BF7N8O2. The summed E-state index contributed by atoms with van der Waals surface area (Å²) < 4.78 is 101. The Morgan fingerprint density at radius 2 is 1.13 bits per heavy atom. The topological polar surface area (TPSA) is 106 Å². The first-order chi connectivity index (χ1) is 24.4. The zero-order chi connectivity index (χ0) is 37.7. The second-order valence-electron chi connectivity index (χ2n) is 12.2. The fourth-order valence-electron chi connectivity index (χ4n) is 4.47. The smallest absolute Gasteiger partial charge is 0.399 e. The molecule has 18 heteroatoms. The highest BCUT2D eigenvalue weighted by molar-refractivity contribution is 6.62. The molecule has 0 amide bonds. The number of nitrogens with zero attached hydrogens (tertiary/aromatic N) is 8. The molecule has 7 rings (SSSR count). The third kappa shape index (κ3) is 9.24. The van der Waals surface area contributed by atoms with Crippen LogP contribution < -0.4 is 5.46 Å². The van der Waals surface area contributed by atoms with E-state index in [0.29, 0.717) is 11.6 Å². The van der Waals surface area contributed by atoms with Gasteiger partial charge in [0.25, 0.3) is 0 Å². The van der Waals surface area contributed by atoms with Crippen molar-refractivity contribution in [3.8, 4) is 22.6 Å². The second-order valence-corrected chi connectivity index (χ2v) is 12.2. The van der Waals surface area contributed by atoms with E-state index in [0.717, 1.165) is 35.0 Å². The minimum absolute atomic E-state index is 0.222. The maximum atomic E-state index is 12.7. The minimum Gasteiger partial charge on any atom is -0.399 e. The number of aromatic nitrogens is 8. The van der Waals surface area contributed by atoms with E-state index in [1.54, 1.807) is 54.0 Å². The SMILES string of the molecule is CC1(C)OB(c2cnn(-c3cccnc3)c2)OC1(C)C.FC(F)(F)c1cccc(-c2cnn(-c3cccnc3)c2)n1.Fc1cccc(C(F)(F)F)n1. The number of alkyl halides is 6. The lowest BCUT2D eigenvalue weighted by Gasteiger charge is -2.32. The Labute approximate surface area is 293 Å². The van der Waals surface area contributed by atoms with Crippen LogP contribution in [0.5, 0.6) is 0 Å². The van der Waals surface area contributed by atoms with Gasteiger partial charge in [0.05, 0.1) is 46.9 Å². The predicted molar refractivity (Wildman–Crippen MR) is 176 cm³/mol. The molecule has 0 atom stereocenters. The predicted octanol–water partition coefficient (Wildman–Crippen LogP) is 7.15. The minimum atomic E-state index is -4.57. The zero-order valence-corrected chi connectivity index (χ0v) is 28.0. The van der Waals surface area contributed by atoms with Crippen LogP contribution in [0, 0.1) is 5.95 Å². The van der Waals surface area contributed by atoms with Crippen molar-refractivity contribution in [3.05, 3.63) is 128 Å². The van der Waals surface area contributed by atoms with Crippen molar-refractivity contribution in [1.82, 2.24) is 39.5 Å². The van der Waals surface area contributed by atoms with Gasteiger partial charge in [-0.1, -0.05) is 12.1 Å². The maximum Gasteiger partial charge on any atom is 0.498 e. The molecule has 1 aliphatic rings. The van der Waals surface area contributed by atoms with E-state index in [1.807, 2.05) is 46.0 Å². The summed E-state index contributed by atoms with van der Waals surface area (Å²) in [5.41, 5.74) is 0.456. The molecule has 0 aromatic carbocycles. The summed E-state index contributed by atoms with van der Waals surface area (Å²) in [6, 6.07) is 13.7. The molecule has 6 aromatic rings. The normalized spacial score (nSPS) is 14.9. The third-order valence-corrected chi connectivity index (χ3v) is 7.87. The first-order valence-corrected chi connectivity index (χ1v) is 15.4. The van der Waals surface area contributed by atoms with Crippen molar-refractivity contribution in [1.29, 1.82) is 0 Å². The number of pyridine rings is 4. The highest BCUT2D eigenvalue weighted by Crippen LogP contribution is 2.36. The second kappa shape index (κ2) is 15.0. The van der Waals surface area contributed by atoms with Crippen LogP contribution in [-0.2, 0) is 21.7 Å². The van der Waals surface area contributed by atoms with Crippen LogP contribution in [0.2, 0.25) is 0 Å². The summed E-state index contributed by atoms with van der Waals surface area (Å²) in [6.07, 6.45) is 4.47. The van der Waals surface area contributed by atoms with Crippen LogP contribution in [-0.4, -0.2) is 57.8 Å². The summed E-state index contributed by atoms with van der Waals surface area (Å²) in [7, 11) is -0.384. The Hall–Kier alpha value is -5.49. The van der Waals surface area contributed by atoms with Gasteiger partial charge in [-0.2, -0.15) is 40.9 Å². The van der Waals surface area contributed by atoms with Gasteiger partial charge in [-0.15, -0.1) is 0 Å². The number of rotatable bonds is 4. The summed E-state index contributed by atoms with van der Waals surface area (Å²) in [4.78, 5) is 14.3. The summed E-state index contributed by atoms with van der Waals surface area (Å²) >= 11 is 0. The Balaban J connectivity index is 0.000000158. The van der Waals surface area contributed by atoms with Gasteiger partial charge >= 0.3 is 19.5 Å². The molecule has 0 aliphatic carbocycles. The monoisotopic (exact) mass is 726 g/mol. The van der Waals surface area contributed by atoms with Gasteiger partial charge in [0.1, 0.15) is 11.4 Å². The molecule has 270 valence electrons. The Morgan fingerprint density at radius 1 is 0.615 bits per heavy atom. The maximum absolute atomic E-state index is 12.7. The molecule has 52 heavy (non-hydrogen) atoms. The zero-order valence-electron chi connectivity index (χ0n) is 28.0. The third-order valence-electron chi connectivity index (χ3n) is 7.87. The average molecular weight is 726 g/mol. The van der Waals surface area contributed by atoms with Gasteiger partial charge in [0.2, 0.25) is 5.95 Å². The molecule has 10 nitrogen and oxygen atoms in total. The van der Waals surface area contributed by atoms with Gasteiger partial charge in [0.15, 0.2) is 0 Å². The van der Waals surface area contributed by atoms with Crippen LogP contribution in [0.25, 0.3) is 22.6 Å². The highest BCUT2D eigenvalue weighted by Gasteiger charge is 2.52. The Morgan fingerprint density at radius 3 is 1.63 bits per heavy atom.